The largest absolute Gasteiger partial charge is 0.454 e. The number of rotatable bonds is 4. The highest BCUT2D eigenvalue weighted by Crippen LogP contribution is 2.10. The van der Waals surface area contributed by atoms with Crippen LogP contribution in [0.15, 0.2) is 34.9 Å². The number of carbonyl (C=O) groups excluding carboxylic acids is 2. The first-order valence-corrected chi connectivity index (χ1v) is 6.07. The van der Waals surface area contributed by atoms with Crippen molar-refractivity contribution in [2.24, 2.45) is 0 Å². The Morgan fingerprint density at radius 2 is 2.15 bits per heavy atom. The molecule has 1 amide bonds. The number of hydrogen-bond acceptors (Lipinski definition) is 5. The number of amides is 1. The van der Waals surface area contributed by atoms with Crippen molar-refractivity contribution in [3.8, 4) is 0 Å². The predicted molar refractivity (Wildman–Crippen MR) is 71.6 cm³/mol. The van der Waals surface area contributed by atoms with Crippen molar-refractivity contribution in [3.63, 3.8) is 0 Å². The lowest BCUT2D eigenvalue weighted by atomic mass is 10.4. The van der Waals surface area contributed by atoms with Gasteiger partial charge in [0.15, 0.2) is 6.61 Å². The van der Waals surface area contributed by atoms with Crippen LogP contribution in [0.1, 0.15) is 16.3 Å². The average molecular weight is 295 g/mol. The topological polar surface area (TPSA) is 81.4 Å². The van der Waals surface area contributed by atoms with E-state index in [0.29, 0.717) is 16.6 Å². The Morgan fingerprint density at radius 1 is 1.35 bits per heavy atom. The van der Waals surface area contributed by atoms with E-state index in [9.17, 15) is 9.59 Å². The number of carbonyl (C=O) groups is 2. The van der Waals surface area contributed by atoms with E-state index in [2.05, 4.69) is 10.3 Å². The number of aryl methyl sites for hydroxylation is 1. The second-order valence-electron chi connectivity index (χ2n) is 3.90. The van der Waals surface area contributed by atoms with E-state index in [1.54, 1.807) is 19.1 Å². The van der Waals surface area contributed by atoms with Gasteiger partial charge in [0.05, 0.1) is 5.02 Å². The van der Waals surface area contributed by atoms with Gasteiger partial charge in [-0.05, 0) is 31.2 Å². The molecule has 7 heteroatoms. The lowest BCUT2D eigenvalue weighted by Crippen LogP contribution is -2.21. The molecule has 0 spiro atoms. The molecule has 2 heterocycles. The average Bonchev–Trinajstić information content (AvgIpc) is 2.85. The van der Waals surface area contributed by atoms with E-state index < -0.39 is 18.5 Å². The minimum Gasteiger partial charge on any atom is -0.454 e. The molecule has 0 fully saturated rings. The van der Waals surface area contributed by atoms with Gasteiger partial charge in [-0.15, -0.1) is 0 Å². The van der Waals surface area contributed by atoms with Crippen LogP contribution in [-0.4, -0.2) is 23.5 Å². The number of esters is 1. The summed E-state index contributed by atoms with van der Waals surface area (Å²) in [5, 5.41) is 2.93. The molecule has 0 unspecified atom stereocenters. The lowest BCUT2D eigenvalue weighted by molar-refractivity contribution is -0.119. The number of hydrogen-bond donors (Lipinski definition) is 1. The van der Waals surface area contributed by atoms with E-state index in [1.165, 1.54) is 18.3 Å². The first-order chi connectivity index (χ1) is 9.54. The molecule has 0 aliphatic carbocycles. The molecule has 0 saturated carbocycles. The van der Waals surface area contributed by atoms with Crippen molar-refractivity contribution in [1.82, 2.24) is 4.98 Å². The van der Waals surface area contributed by atoms with Crippen LogP contribution < -0.4 is 5.32 Å². The Balaban J connectivity index is 1.83. The summed E-state index contributed by atoms with van der Waals surface area (Å²) in [7, 11) is 0. The summed E-state index contributed by atoms with van der Waals surface area (Å²) in [6.45, 7) is 1.28. The van der Waals surface area contributed by atoms with E-state index in [0.717, 1.165) is 0 Å². The van der Waals surface area contributed by atoms with Gasteiger partial charge < -0.3 is 14.5 Å². The molecule has 1 N–H and O–H groups in total. The van der Waals surface area contributed by atoms with Crippen LogP contribution in [0.4, 0.5) is 5.82 Å². The molecule has 0 aliphatic heterocycles. The predicted octanol–water partition coefficient (Wildman–Crippen LogP) is 2.43. The summed E-state index contributed by atoms with van der Waals surface area (Å²) < 4.78 is 9.88. The summed E-state index contributed by atoms with van der Waals surface area (Å²) >= 11 is 5.67. The van der Waals surface area contributed by atoms with E-state index in [-0.39, 0.29) is 5.76 Å². The molecule has 0 aliphatic rings. The third kappa shape index (κ3) is 3.83. The molecule has 104 valence electrons. The fourth-order valence-electron chi connectivity index (χ4n) is 1.38. The number of aromatic nitrogens is 1. The van der Waals surface area contributed by atoms with Gasteiger partial charge in [-0.25, -0.2) is 9.78 Å². The van der Waals surface area contributed by atoms with Gasteiger partial charge in [0.1, 0.15) is 11.6 Å². The number of nitrogens with one attached hydrogen (secondary N) is 1. The maximum Gasteiger partial charge on any atom is 0.374 e. The smallest absolute Gasteiger partial charge is 0.374 e. The second kappa shape index (κ2) is 6.21. The van der Waals surface area contributed by atoms with Gasteiger partial charge in [0, 0.05) is 6.20 Å². The van der Waals surface area contributed by atoms with E-state index in [1.807, 2.05) is 0 Å². The first kappa shape index (κ1) is 14.1. The third-order valence-electron chi connectivity index (χ3n) is 2.27. The monoisotopic (exact) mass is 294 g/mol. The summed E-state index contributed by atoms with van der Waals surface area (Å²) in [6, 6.07) is 6.24. The van der Waals surface area contributed by atoms with Crippen LogP contribution >= 0.6 is 11.6 Å². The molecular weight excluding hydrogens is 284 g/mol. The van der Waals surface area contributed by atoms with Crippen molar-refractivity contribution in [2.75, 3.05) is 11.9 Å². The number of nitrogens with zero attached hydrogens (tertiary/aromatic N) is 1. The SMILES string of the molecule is Cc1ccc(C(=O)OCC(=O)Nc2ccc(Cl)cn2)o1. The molecule has 0 aromatic carbocycles. The number of anilines is 1. The molecule has 20 heavy (non-hydrogen) atoms. The number of ether oxygens (including phenoxy) is 1. The molecule has 2 rings (SSSR count). The molecule has 0 radical (unpaired) electrons. The Hall–Kier alpha value is -2.34. The first-order valence-electron chi connectivity index (χ1n) is 5.69. The van der Waals surface area contributed by atoms with Crippen LogP contribution in [0.5, 0.6) is 0 Å². The zero-order valence-electron chi connectivity index (χ0n) is 10.6. The Bertz CT molecular complexity index is 622. The Kier molecular flexibility index (Phi) is 4.37. The lowest BCUT2D eigenvalue weighted by Gasteiger charge is -2.04. The van der Waals surface area contributed by atoms with Crippen molar-refractivity contribution in [2.45, 2.75) is 6.92 Å². The maximum atomic E-state index is 11.5. The molecular formula is C13H11ClN2O4. The number of furan rings is 1. The van der Waals surface area contributed by atoms with Crippen LogP contribution in [0.25, 0.3) is 0 Å². The normalized spacial score (nSPS) is 10.1. The van der Waals surface area contributed by atoms with Crippen molar-refractivity contribution in [1.29, 1.82) is 0 Å². The minimum absolute atomic E-state index is 0.0555. The van der Waals surface area contributed by atoms with Crippen molar-refractivity contribution in [3.05, 3.63) is 47.0 Å². The third-order valence-corrected chi connectivity index (χ3v) is 2.49. The molecule has 0 bridgehead atoms. The molecule has 2 aromatic rings. The van der Waals surface area contributed by atoms with Gasteiger partial charge in [-0.3, -0.25) is 4.79 Å². The van der Waals surface area contributed by atoms with Gasteiger partial charge in [-0.2, -0.15) is 0 Å². The highest BCUT2D eigenvalue weighted by atomic mass is 35.5. The van der Waals surface area contributed by atoms with E-state index in [4.69, 9.17) is 20.8 Å². The zero-order chi connectivity index (χ0) is 14.5. The highest BCUT2D eigenvalue weighted by molar-refractivity contribution is 6.30. The number of pyridine rings is 1. The van der Waals surface area contributed by atoms with Gasteiger partial charge in [0.2, 0.25) is 5.76 Å². The molecule has 2 aromatic heterocycles. The Labute approximate surface area is 119 Å². The summed E-state index contributed by atoms with van der Waals surface area (Å²) in [6.07, 6.45) is 1.40. The second-order valence-corrected chi connectivity index (χ2v) is 4.33. The van der Waals surface area contributed by atoms with Crippen LogP contribution in [0.2, 0.25) is 5.02 Å². The fourth-order valence-corrected chi connectivity index (χ4v) is 1.49. The highest BCUT2D eigenvalue weighted by Gasteiger charge is 2.13. The van der Waals surface area contributed by atoms with Crippen LogP contribution in [0, 0.1) is 6.92 Å². The minimum atomic E-state index is -0.697. The Morgan fingerprint density at radius 3 is 2.75 bits per heavy atom. The van der Waals surface area contributed by atoms with Gasteiger partial charge in [0.25, 0.3) is 5.91 Å². The molecule has 0 atom stereocenters. The summed E-state index contributed by atoms with van der Waals surface area (Å²) in [5.74, 6) is -0.232. The van der Waals surface area contributed by atoms with Crippen LogP contribution in [0.3, 0.4) is 0 Å². The van der Waals surface area contributed by atoms with Gasteiger partial charge >= 0.3 is 5.97 Å². The molecule has 0 saturated heterocycles. The summed E-state index contributed by atoms with van der Waals surface area (Å²) in [5.41, 5.74) is 0. The standard InChI is InChI=1S/C13H11ClN2O4/c1-8-2-4-10(20-8)13(18)19-7-12(17)16-11-5-3-9(14)6-15-11/h2-6H,7H2,1H3,(H,15,16,17). The van der Waals surface area contributed by atoms with Crippen molar-refractivity contribution < 1.29 is 18.7 Å². The quantitative estimate of drug-likeness (QED) is 0.876. The maximum absolute atomic E-state index is 11.5. The van der Waals surface area contributed by atoms with E-state index >= 15 is 0 Å². The fraction of sp³-hybridized carbons (Fsp3) is 0.154. The van der Waals surface area contributed by atoms with Gasteiger partial charge in [-0.1, -0.05) is 11.6 Å². The van der Waals surface area contributed by atoms with Crippen molar-refractivity contribution >= 4 is 29.3 Å². The molecule has 6 nitrogen and oxygen atoms in total. The summed E-state index contributed by atoms with van der Waals surface area (Å²) in [4.78, 5) is 27.0. The zero-order valence-corrected chi connectivity index (χ0v) is 11.3. The van der Waals surface area contributed by atoms with Crippen LogP contribution in [-0.2, 0) is 9.53 Å². The number of halogens is 1.